The van der Waals surface area contributed by atoms with Crippen LogP contribution in [-0.4, -0.2) is 54.8 Å². The number of nitrogens with zero attached hydrogens (tertiary/aromatic N) is 3. The smallest absolute Gasteiger partial charge is 0.252 e. The van der Waals surface area contributed by atoms with E-state index in [1.165, 1.54) is 0 Å². The number of benzene rings is 1. The molecule has 3 aromatic rings. The zero-order valence-electron chi connectivity index (χ0n) is 18.7. The molecule has 2 aromatic heterocycles. The molecule has 1 saturated heterocycles. The Labute approximate surface area is 197 Å². The third-order valence-electron chi connectivity index (χ3n) is 5.54. The molecule has 1 aromatic carbocycles. The van der Waals surface area contributed by atoms with E-state index in [0.29, 0.717) is 25.3 Å². The summed E-state index contributed by atoms with van der Waals surface area (Å²) in [6.07, 6.45) is 2.22. The SMILES string of the molecule is NC[C@@H](Cc1ccccc1)Nc1nc(Nc2ccc(N3CCOCC3)nc2)c(C(N)=O)cc1F. The van der Waals surface area contributed by atoms with E-state index >= 15 is 0 Å². The summed E-state index contributed by atoms with van der Waals surface area (Å²) in [5.41, 5.74) is 13.0. The number of hydrogen-bond acceptors (Lipinski definition) is 8. The summed E-state index contributed by atoms with van der Waals surface area (Å²) in [5.74, 6) is -0.542. The van der Waals surface area contributed by atoms with Crippen LogP contribution in [-0.2, 0) is 11.2 Å². The number of nitrogens with one attached hydrogen (secondary N) is 2. The van der Waals surface area contributed by atoms with Crippen LogP contribution in [0.25, 0.3) is 0 Å². The summed E-state index contributed by atoms with van der Waals surface area (Å²) in [7, 11) is 0. The fourth-order valence-corrected chi connectivity index (χ4v) is 3.73. The Bertz CT molecular complexity index is 1110. The number of primary amides is 1. The normalized spacial score (nSPS) is 14.5. The van der Waals surface area contributed by atoms with E-state index in [2.05, 4.69) is 25.5 Å². The second-order valence-electron chi connectivity index (χ2n) is 7.98. The summed E-state index contributed by atoms with van der Waals surface area (Å²) in [4.78, 5) is 22.9. The average molecular weight is 466 g/mol. The van der Waals surface area contributed by atoms with E-state index in [4.69, 9.17) is 16.2 Å². The lowest BCUT2D eigenvalue weighted by molar-refractivity contribution is 0.100. The van der Waals surface area contributed by atoms with Gasteiger partial charge >= 0.3 is 0 Å². The molecule has 6 N–H and O–H groups in total. The largest absolute Gasteiger partial charge is 0.378 e. The summed E-state index contributed by atoms with van der Waals surface area (Å²) in [6.45, 7) is 3.13. The second-order valence-corrected chi connectivity index (χ2v) is 7.98. The molecule has 1 fully saturated rings. The van der Waals surface area contributed by atoms with Crippen LogP contribution in [0.5, 0.6) is 0 Å². The Morgan fingerprint density at radius 2 is 1.91 bits per heavy atom. The highest BCUT2D eigenvalue weighted by Crippen LogP contribution is 2.25. The van der Waals surface area contributed by atoms with Gasteiger partial charge < -0.3 is 31.7 Å². The first-order chi connectivity index (χ1) is 16.5. The molecule has 0 aliphatic carbocycles. The Morgan fingerprint density at radius 3 is 2.56 bits per heavy atom. The number of hydrogen-bond donors (Lipinski definition) is 4. The van der Waals surface area contributed by atoms with Crippen molar-refractivity contribution in [3.63, 3.8) is 0 Å². The van der Waals surface area contributed by atoms with Crippen LogP contribution in [0, 0.1) is 5.82 Å². The first kappa shape index (κ1) is 23.4. The van der Waals surface area contributed by atoms with Crippen molar-refractivity contribution < 1.29 is 13.9 Å². The number of anilines is 4. The number of carbonyl (C=O) groups excluding carboxylic acids is 1. The number of carbonyl (C=O) groups is 1. The summed E-state index contributed by atoms with van der Waals surface area (Å²) >= 11 is 0. The molecular weight excluding hydrogens is 437 g/mol. The highest BCUT2D eigenvalue weighted by atomic mass is 19.1. The number of amides is 1. The van der Waals surface area contributed by atoms with Gasteiger partial charge in [0.05, 0.1) is 30.7 Å². The van der Waals surface area contributed by atoms with Gasteiger partial charge in [0.2, 0.25) is 0 Å². The van der Waals surface area contributed by atoms with E-state index < -0.39 is 11.7 Å². The fourth-order valence-electron chi connectivity index (χ4n) is 3.73. The number of ether oxygens (including phenoxy) is 1. The standard InChI is InChI=1S/C24H28FN7O2/c25-20-13-19(22(27)33)23(29-17-6-7-21(28-15-17)32-8-10-34-11-9-32)31-24(20)30-18(14-26)12-16-4-2-1-3-5-16/h1-7,13,15,18H,8-12,14,26H2,(H2,27,33)(H2,29,30,31)/t18-/m1/s1. The van der Waals surface area contributed by atoms with Crippen molar-refractivity contribution in [3.8, 4) is 0 Å². The molecule has 9 nitrogen and oxygen atoms in total. The summed E-state index contributed by atoms with van der Waals surface area (Å²) in [5, 5.41) is 6.09. The number of morpholine rings is 1. The van der Waals surface area contributed by atoms with Gasteiger partial charge in [-0.15, -0.1) is 0 Å². The van der Waals surface area contributed by atoms with Gasteiger partial charge in [0.1, 0.15) is 11.6 Å². The number of rotatable bonds is 9. The Kier molecular flexibility index (Phi) is 7.51. The quantitative estimate of drug-likeness (QED) is 0.379. The highest BCUT2D eigenvalue weighted by molar-refractivity contribution is 5.98. The molecule has 10 heteroatoms. The molecule has 3 heterocycles. The van der Waals surface area contributed by atoms with Crippen LogP contribution in [0.3, 0.4) is 0 Å². The lowest BCUT2D eigenvalue weighted by atomic mass is 10.1. The second kappa shape index (κ2) is 10.9. The summed E-state index contributed by atoms with van der Waals surface area (Å²) < 4.78 is 20.2. The van der Waals surface area contributed by atoms with Gasteiger partial charge in [0.25, 0.3) is 5.91 Å². The molecule has 1 atom stereocenters. The Hall–Kier alpha value is -3.76. The molecule has 178 valence electrons. The molecule has 1 amide bonds. The van der Waals surface area contributed by atoms with Crippen LogP contribution in [0.4, 0.5) is 27.5 Å². The van der Waals surface area contributed by atoms with Crippen molar-refractivity contribution in [2.24, 2.45) is 11.5 Å². The van der Waals surface area contributed by atoms with E-state index in [1.807, 2.05) is 42.5 Å². The van der Waals surface area contributed by atoms with Gasteiger partial charge in [-0.2, -0.15) is 0 Å². The van der Waals surface area contributed by atoms with Crippen molar-refractivity contribution in [2.75, 3.05) is 48.4 Å². The molecule has 0 saturated carbocycles. The molecule has 1 aliphatic rings. The number of nitrogens with two attached hydrogens (primary N) is 2. The van der Waals surface area contributed by atoms with E-state index in [1.54, 1.807) is 6.20 Å². The average Bonchev–Trinajstić information content (AvgIpc) is 2.86. The van der Waals surface area contributed by atoms with Gasteiger partial charge in [-0.3, -0.25) is 4.79 Å². The Morgan fingerprint density at radius 1 is 1.15 bits per heavy atom. The van der Waals surface area contributed by atoms with Gasteiger partial charge in [0, 0.05) is 25.7 Å². The maximum Gasteiger partial charge on any atom is 0.252 e. The van der Waals surface area contributed by atoms with Crippen molar-refractivity contribution in [1.29, 1.82) is 0 Å². The fraction of sp³-hybridized carbons (Fsp3) is 0.292. The molecule has 0 radical (unpaired) electrons. The van der Waals surface area contributed by atoms with Crippen LogP contribution in [0.2, 0.25) is 0 Å². The van der Waals surface area contributed by atoms with Crippen molar-refractivity contribution in [3.05, 3.63) is 71.7 Å². The first-order valence-corrected chi connectivity index (χ1v) is 11.1. The van der Waals surface area contributed by atoms with Crippen molar-refractivity contribution >= 4 is 29.0 Å². The van der Waals surface area contributed by atoms with E-state index in [-0.39, 0.29) is 29.8 Å². The molecule has 4 rings (SSSR count). The zero-order chi connectivity index (χ0) is 23.9. The maximum atomic E-state index is 14.8. The van der Waals surface area contributed by atoms with Crippen molar-refractivity contribution in [1.82, 2.24) is 9.97 Å². The molecule has 0 unspecified atom stereocenters. The molecule has 0 spiro atoms. The maximum absolute atomic E-state index is 14.8. The minimum Gasteiger partial charge on any atom is -0.378 e. The minimum absolute atomic E-state index is 0.0169. The zero-order valence-corrected chi connectivity index (χ0v) is 18.7. The topological polar surface area (TPSA) is 131 Å². The lowest BCUT2D eigenvalue weighted by Crippen LogP contribution is -2.36. The Balaban J connectivity index is 1.54. The molecule has 0 bridgehead atoms. The van der Waals surface area contributed by atoms with Crippen LogP contribution >= 0.6 is 0 Å². The molecule has 1 aliphatic heterocycles. The van der Waals surface area contributed by atoms with Gasteiger partial charge in [-0.05, 0) is 30.2 Å². The molecule has 34 heavy (non-hydrogen) atoms. The van der Waals surface area contributed by atoms with Gasteiger partial charge in [-0.25, -0.2) is 14.4 Å². The van der Waals surface area contributed by atoms with Crippen LogP contribution < -0.4 is 27.0 Å². The number of aromatic nitrogens is 2. The minimum atomic E-state index is -0.794. The first-order valence-electron chi connectivity index (χ1n) is 11.1. The predicted molar refractivity (Wildman–Crippen MR) is 130 cm³/mol. The number of pyridine rings is 2. The third-order valence-corrected chi connectivity index (χ3v) is 5.54. The molecular formula is C24H28FN7O2. The van der Waals surface area contributed by atoms with Gasteiger partial charge in [-0.1, -0.05) is 30.3 Å². The predicted octanol–water partition coefficient (Wildman–Crippen LogP) is 2.28. The number of halogens is 1. The highest BCUT2D eigenvalue weighted by Gasteiger charge is 2.19. The lowest BCUT2D eigenvalue weighted by Gasteiger charge is -2.27. The summed E-state index contributed by atoms with van der Waals surface area (Å²) in [6, 6.07) is 14.3. The van der Waals surface area contributed by atoms with E-state index in [0.717, 1.165) is 30.5 Å². The van der Waals surface area contributed by atoms with Crippen LogP contribution in [0.1, 0.15) is 15.9 Å². The van der Waals surface area contributed by atoms with Crippen LogP contribution in [0.15, 0.2) is 54.7 Å². The van der Waals surface area contributed by atoms with Gasteiger partial charge in [0.15, 0.2) is 11.6 Å². The third kappa shape index (κ3) is 5.77. The van der Waals surface area contributed by atoms with E-state index in [9.17, 15) is 9.18 Å². The van der Waals surface area contributed by atoms with Crippen molar-refractivity contribution in [2.45, 2.75) is 12.5 Å². The monoisotopic (exact) mass is 465 g/mol.